The highest BCUT2D eigenvalue weighted by atomic mass is 16.5. The molecule has 1 heterocycles. The number of benzene rings is 2. The monoisotopic (exact) mass is 478 g/mol. The lowest BCUT2D eigenvalue weighted by atomic mass is 9.66. The standard InChI is InChI=1S/C27H30N2O6/c30-23(29-22-10-13-34-24(22)25(31)32)14-27(11-5-12-27)16-28-26(33)35-15-21-19-8-3-1-6-17(19)18-7-2-4-9-20(18)21/h1-4,6-9,21-22,24H,5,10-16H2,(H,28,33)(H,29,30)(H,31,32)/t22-,24+/m1/s1. The minimum Gasteiger partial charge on any atom is -0.479 e. The minimum atomic E-state index is -1.07. The summed E-state index contributed by atoms with van der Waals surface area (Å²) in [5.74, 6) is -1.28. The topological polar surface area (TPSA) is 114 Å². The summed E-state index contributed by atoms with van der Waals surface area (Å²) in [6, 6.07) is 15.8. The van der Waals surface area contributed by atoms with Crippen molar-refractivity contribution in [2.24, 2.45) is 5.41 Å². The molecule has 2 aromatic carbocycles. The summed E-state index contributed by atoms with van der Waals surface area (Å²) in [4.78, 5) is 36.5. The van der Waals surface area contributed by atoms with Gasteiger partial charge in [-0.25, -0.2) is 9.59 Å². The van der Waals surface area contributed by atoms with Gasteiger partial charge in [0.2, 0.25) is 5.91 Å². The van der Waals surface area contributed by atoms with Crippen LogP contribution in [0, 0.1) is 5.41 Å². The van der Waals surface area contributed by atoms with Gasteiger partial charge < -0.3 is 25.2 Å². The Bertz CT molecular complexity index is 1080. The molecule has 3 N–H and O–H groups in total. The van der Waals surface area contributed by atoms with Crippen LogP contribution in [0.25, 0.3) is 11.1 Å². The fourth-order valence-electron chi connectivity index (χ4n) is 5.58. The number of hydrogen-bond acceptors (Lipinski definition) is 5. The Morgan fingerprint density at radius 1 is 1.03 bits per heavy atom. The van der Waals surface area contributed by atoms with Gasteiger partial charge in [0.1, 0.15) is 6.61 Å². The van der Waals surface area contributed by atoms with Gasteiger partial charge in [0.25, 0.3) is 0 Å². The van der Waals surface area contributed by atoms with Crippen LogP contribution in [0.1, 0.15) is 49.1 Å². The molecule has 184 valence electrons. The van der Waals surface area contributed by atoms with E-state index in [9.17, 15) is 19.5 Å². The Labute approximate surface area is 204 Å². The molecule has 2 amide bonds. The third kappa shape index (κ3) is 4.75. The first kappa shape index (κ1) is 23.4. The van der Waals surface area contributed by atoms with Crippen molar-refractivity contribution in [2.75, 3.05) is 19.8 Å². The zero-order valence-electron chi connectivity index (χ0n) is 19.5. The van der Waals surface area contributed by atoms with E-state index in [2.05, 4.69) is 34.9 Å². The van der Waals surface area contributed by atoms with Crippen LogP contribution in [0.2, 0.25) is 0 Å². The number of aliphatic carboxylic acids is 1. The molecule has 35 heavy (non-hydrogen) atoms. The van der Waals surface area contributed by atoms with Crippen LogP contribution in [-0.4, -0.2) is 55.0 Å². The predicted molar refractivity (Wildman–Crippen MR) is 128 cm³/mol. The van der Waals surface area contributed by atoms with E-state index in [4.69, 9.17) is 9.47 Å². The van der Waals surface area contributed by atoms with Crippen LogP contribution >= 0.6 is 0 Å². The second kappa shape index (κ2) is 9.70. The maximum Gasteiger partial charge on any atom is 0.407 e. The number of nitrogens with one attached hydrogen (secondary N) is 2. The second-order valence-electron chi connectivity index (χ2n) is 9.80. The molecule has 2 atom stereocenters. The van der Waals surface area contributed by atoms with Crippen LogP contribution in [0.15, 0.2) is 48.5 Å². The van der Waals surface area contributed by atoms with Gasteiger partial charge in [-0.3, -0.25) is 4.79 Å². The van der Waals surface area contributed by atoms with Crippen molar-refractivity contribution < 1.29 is 29.0 Å². The van der Waals surface area contributed by atoms with Crippen molar-refractivity contribution in [1.82, 2.24) is 10.6 Å². The average molecular weight is 479 g/mol. The van der Waals surface area contributed by atoms with Crippen molar-refractivity contribution in [3.63, 3.8) is 0 Å². The number of carbonyl (C=O) groups excluding carboxylic acids is 2. The predicted octanol–water partition coefficient (Wildman–Crippen LogP) is 3.44. The third-order valence-electron chi connectivity index (χ3n) is 7.58. The van der Waals surface area contributed by atoms with Gasteiger partial charge >= 0.3 is 12.1 Å². The summed E-state index contributed by atoms with van der Waals surface area (Å²) in [5.41, 5.74) is 4.34. The van der Waals surface area contributed by atoms with Crippen LogP contribution < -0.4 is 10.6 Å². The zero-order valence-corrected chi connectivity index (χ0v) is 19.5. The van der Waals surface area contributed by atoms with E-state index in [-0.39, 0.29) is 30.3 Å². The van der Waals surface area contributed by atoms with Crippen molar-refractivity contribution in [2.45, 2.75) is 50.2 Å². The Morgan fingerprint density at radius 2 is 1.69 bits per heavy atom. The van der Waals surface area contributed by atoms with E-state index in [0.717, 1.165) is 30.4 Å². The van der Waals surface area contributed by atoms with Gasteiger partial charge in [0, 0.05) is 25.5 Å². The van der Waals surface area contributed by atoms with Crippen molar-refractivity contribution in [3.8, 4) is 11.1 Å². The first-order valence-corrected chi connectivity index (χ1v) is 12.2. The van der Waals surface area contributed by atoms with Gasteiger partial charge in [0.15, 0.2) is 6.10 Å². The third-order valence-corrected chi connectivity index (χ3v) is 7.58. The molecule has 0 radical (unpaired) electrons. The number of alkyl carbamates (subject to hydrolysis) is 1. The fraction of sp³-hybridized carbons (Fsp3) is 0.444. The quantitative estimate of drug-likeness (QED) is 0.536. The Balaban J connectivity index is 1.14. The molecule has 1 saturated carbocycles. The molecule has 5 rings (SSSR count). The molecule has 0 unspecified atom stereocenters. The number of hydrogen-bond donors (Lipinski definition) is 3. The van der Waals surface area contributed by atoms with Gasteiger partial charge in [-0.1, -0.05) is 55.0 Å². The number of rotatable bonds is 8. The summed E-state index contributed by atoms with van der Waals surface area (Å²) in [6.07, 6.45) is 1.86. The van der Waals surface area contributed by atoms with Crippen molar-refractivity contribution in [3.05, 3.63) is 59.7 Å². The molecule has 1 aliphatic heterocycles. The second-order valence-corrected chi connectivity index (χ2v) is 9.80. The minimum absolute atomic E-state index is 0.00703. The van der Waals surface area contributed by atoms with E-state index in [1.165, 1.54) is 11.1 Å². The van der Waals surface area contributed by atoms with Crippen molar-refractivity contribution in [1.29, 1.82) is 0 Å². The van der Waals surface area contributed by atoms with Crippen LogP contribution in [0.4, 0.5) is 4.79 Å². The summed E-state index contributed by atoms with van der Waals surface area (Å²) < 4.78 is 10.8. The van der Waals surface area contributed by atoms with Crippen molar-refractivity contribution >= 4 is 18.0 Å². The Hall–Kier alpha value is -3.39. The van der Waals surface area contributed by atoms with Gasteiger partial charge in [-0.2, -0.15) is 0 Å². The highest BCUT2D eigenvalue weighted by Crippen LogP contribution is 2.45. The first-order chi connectivity index (χ1) is 17.0. The summed E-state index contributed by atoms with van der Waals surface area (Å²) in [5, 5.41) is 14.9. The molecule has 3 aliphatic rings. The first-order valence-electron chi connectivity index (χ1n) is 12.2. The van der Waals surface area contributed by atoms with Crippen LogP contribution in [0.5, 0.6) is 0 Å². The lowest BCUT2D eigenvalue weighted by Gasteiger charge is -2.41. The number of carboxylic acid groups (broad SMARTS) is 1. The Kier molecular flexibility index (Phi) is 6.47. The maximum atomic E-state index is 12.7. The average Bonchev–Trinajstić information content (AvgIpc) is 3.42. The fourth-order valence-corrected chi connectivity index (χ4v) is 5.58. The van der Waals surface area contributed by atoms with E-state index in [0.29, 0.717) is 19.6 Å². The molecule has 2 fully saturated rings. The highest BCUT2D eigenvalue weighted by molar-refractivity contribution is 5.80. The largest absolute Gasteiger partial charge is 0.479 e. The molecule has 2 aromatic rings. The van der Waals surface area contributed by atoms with E-state index < -0.39 is 24.2 Å². The smallest absolute Gasteiger partial charge is 0.407 e. The summed E-state index contributed by atoms with van der Waals surface area (Å²) in [6.45, 7) is 0.905. The number of ether oxygens (including phenoxy) is 2. The number of fused-ring (bicyclic) bond motifs is 3. The van der Waals surface area contributed by atoms with E-state index >= 15 is 0 Å². The van der Waals surface area contributed by atoms with E-state index in [1.54, 1.807) is 0 Å². The number of carbonyl (C=O) groups is 3. The highest BCUT2D eigenvalue weighted by Gasteiger charge is 2.41. The molecule has 8 nitrogen and oxygen atoms in total. The lowest BCUT2D eigenvalue weighted by Crippen LogP contribution is -2.49. The molecule has 2 aliphatic carbocycles. The summed E-state index contributed by atoms with van der Waals surface area (Å²) in [7, 11) is 0. The molecule has 0 bridgehead atoms. The molecule has 0 aromatic heterocycles. The van der Waals surface area contributed by atoms with E-state index in [1.807, 2.05) is 24.3 Å². The Morgan fingerprint density at radius 3 is 2.29 bits per heavy atom. The molecule has 0 spiro atoms. The molecular formula is C27H30N2O6. The van der Waals surface area contributed by atoms with Gasteiger partial charge in [-0.15, -0.1) is 0 Å². The van der Waals surface area contributed by atoms with Crippen LogP contribution in [-0.2, 0) is 19.1 Å². The molecular weight excluding hydrogens is 448 g/mol. The lowest BCUT2D eigenvalue weighted by molar-refractivity contribution is -0.148. The zero-order chi connectivity index (χ0) is 24.4. The van der Waals surface area contributed by atoms with Crippen LogP contribution in [0.3, 0.4) is 0 Å². The number of amides is 2. The number of carboxylic acids is 1. The summed E-state index contributed by atoms with van der Waals surface area (Å²) >= 11 is 0. The van der Waals surface area contributed by atoms with Gasteiger partial charge in [0.05, 0.1) is 6.04 Å². The molecule has 8 heteroatoms. The SMILES string of the molecule is O=C(CC1(CNC(=O)OCC2c3ccccc3-c3ccccc32)CCC1)N[C@@H]1CCO[C@@H]1C(=O)O. The normalized spacial score (nSPS) is 21.9. The maximum absolute atomic E-state index is 12.7. The van der Waals surface area contributed by atoms with Gasteiger partial charge in [-0.05, 0) is 46.9 Å². The molecule has 1 saturated heterocycles.